The predicted molar refractivity (Wildman–Crippen MR) is 102 cm³/mol. The maximum atomic E-state index is 8.44. The monoisotopic (exact) mass is 339 g/mol. The van der Waals surface area contributed by atoms with Gasteiger partial charge in [0, 0.05) is 23.6 Å². The second-order valence-corrected chi connectivity index (χ2v) is 6.04. The number of nitrogens with zero attached hydrogens (tertiary/aromatic N) is 3. The van der Waals surface area contributed by atoms with Gasteiger partial charge in [-0.1, -0.05) is 42.5 Å². The predicted octanol–water partition coefficient (Wildman–Crippen LogP) is 3.65. The lowest BCUT2D eigenvalue weighted by Crippen LogP contribution is -2.30. The minimum Gasteiger partial charge on any atom is -0.286 e. The van der Waals surface area contributed by atoms with Gasteiger partial charge in [-0.25, -0.2) is 4.68 Å². The molecule has 0 amide bonds. The Bertz CT molecular complexity index is 1150. The van der Waals surface area contributed by atoms with Crippen LogP contribution in [0.5, 0.6) is 0 Å². The van der Waals surface area contributed by atoms with Gasteiger partial charge in [0.25, 0.3) is 0 Å². The largest absolute Gasteiger partial charge is 0.286 e. The Balaban J connectivity index is 1.66. The van der Waals surface area contributed by atoms with Gasteiger partial charge in [0.15, 0.2) is 0 Å². The summed E-state index contributed by atoms with van der Waals surface area (Å²) in [6.07, 6.45) is 2.16. The third-order valence-electron chi connectivity index (χ3n) is 4.20. The Labute approximate surface area is 150 Å². The van der Waals surface area contributed by atoms with Crippen LogP contribution in [0.25, 0.3) is 22.2 Å². The van der Waals surface area contributed by atoms with Crippen LogP contribution in [-0.2, 0) is 6.42 Å². The number of hydrogen-bond donors (Lipinski definition) is 2. The number of pyridine rings is 1. The average Bonchev–Trinajstić information content (AvgIpc) is 2.69. The van der Waals surface area contributed by atoms with E-state index < -0.39 is 0 Å². The Morgan fingerprint density at radius 1 is 0.923 bits per heavy atom. The van der Waals surface area contributed by atoms with Crippen molar-refractivity contribution in [3.05, 3.63) is 90.0 Å². The van der Waals surface area contributed by atoms with Gasteiger partial charge in [-0.3, -0.25) is 15.8 Å². The molecular weight excluding hydrogens is 322 g/mol. The van der Waals surface area contributed by atoms with Crippen molar-refractivity contribution in [1.29, 1.82) is 10.8 Å². The molecule has 0 aliphatic carbocycles. The Morgan fingerprint density at radius 2 is 1.77 bits per heavy atom. The zero-order valence-electron chi connectivity index (χ0n) is 14.1. The summed E-state index contributed by atoms with van der Waals surface area (Å²) in [5, 5.41) is 22.1. The van der Waals surface area contributed by atoms with Crippen LogP contribution < -0.4 is 5.49 Å². The third-order valence-corrected chi connectivity index (χ3v) is 4.20. The Kier molecular flexibility index (Phi) is 4.11. The lowest BCUT2D eigenvalue weighted by atomic mass is 10.1. The van der Waals surface area contributed by atoms with Crippen LogP contribution in [0.2, 0.25) is 0 Å². The smallest absolute Gasteiger partial charge is 0.148 e. The summed E-state index contributed by atoms with van der Waals surface area (Å²) >= 11 is 0. The minimum atomic E-state index is 0.192. The van der Waals surface area contributed by atoms with E-state index in [1.165, 1.54) is 4.68 Å². The van der Waals surface area contributed by atoms with Gasteiger partial charge < -0.3 is 0 Å². The number of hydrogen-bond acceptors (Lipinski definition) is 4. The van der Waals surface area contributed by atoms with Crippen LogP contribution in [0.4, 0.5) is 0 Å². The fourth-order valence-electron chi connectivity index (χ4n) is 2.90. The fourth-order valence-corrected chi connectivity index (χ4v) is 2.90. The molecule has 0 atom stereocenters. The molecule has 2 N–H and O–H groups in total. The van der Waals surface area contributed by atoms with E-state index in [-0.39, 0.29) is 11.3 Å². The molecule has 2 aromatic heterocycles. The number of fused-ring (bicyclic) bond motifs is 1. The number of aromatic nitrogens is 3. The molecule has 0 aliphatic heterocycles. The molecule has 5 nitrogen and oxygen atoms in total. The lowest BCUT2D eigenvalue weighted by Gasteiger charge is -2.10. The van der Waals surface area contributed by atoms with Gasteiger partial charge in [-0.05, 0) is 35.9 Å². The molecule has 4 rings (SSSR count). The molecule has 0 saturated heterocycles. The van der Waals surface area contributed by atoms with E-state index in [1.54, 1.807) is 12.3 Å². The highest BCUT2D eigenvalue weighted by atomic mass is 15.3. The first-order chi connectivity index (χ1) is 12.7. The summed E-state index contributed by atoms with van der Waals surface area (Å²) in [4.78, 5) is 4.32. The number of nitrogens with one attached hydrogen (secondary N) is 2. The summed E-state index contributed by atoms with van der Waals surface area (Å²) in [5.74, 6) is 0.260. The molecule has 0 saturated carbocycles. The second-order valence-electron chi connectivity index (χ2n) is 6.04. The van der Waals surface area contributed by atoms with Crippen molar-refractivity contribution in [2.75, 3.05) is 0 Å². The van der Waals surface area contributed by atoms with Crippen molar-refractivity contribution in [3.8, 4) is 11.3 Å². The topological polar surface area (TPSA) is 78.4 Å². The maximum absolute atomic E-state index is 8.44. The van der Waals surface area contributed by atoms with E-state index in [2.05, 4.69) is 10.1 Å². The van der Waals surface area contributed by atoms with Gasteiger partial charge >= 0.3 is 0 Å². The first kappa shape index (κ1) is 15.9. The highest BCUT2D eigenvalue weighted by Gasteiger charge is 2.08. The van der Waals surface area contributed by atoms with Gasteiger partial charge in [0.2, 0.25) is 0 Å². The summed E-state index contributed by atoms with van der Waals surface area (Å²) in [5.41, 5.74) is 3.83. The molecule has 2 aromatic carbocycles. The van der Waals surface area contributed by atoms with Gasteiger partial charge in [-0.15, -0.1) is 0 Å². The standard InChI is InChI=1S/C21H17N5/c22-20-11-10-19(16-5-2-1-3-6-16)25-26(20)21(23)14-15-8-9-18-17(13-15)7-4-12-24-18/h1-13,22-23H,14H2. The van der Waals surface area contributed by atoms with Crippen LogP contribution in [0, 0.1) is 10.8 Å². The second kappa shape index (κ2) is 6.72. The Hall–Kier alpha value is -3.60. The molecule has 2 heterocycles. The normalized spacial score (nSPS) is 10.8. The molecular formula is C21H17N5. The molecule has 126 valence electrons. The van der Waals surface area contributed by atoms with E-state index in [1.807, 2.05) is 66.7 Å². The SMILES string of the molecule is N=C(Cc1ccc2ncccc2c1)n1nc(-c2ccccc2)ccc1=N. The van der Waals surface area contributed by atoms with Gasteiger partial charge in [-0.2, -0.15) is 5.10 Å². The molecule has 0 unspecified atom stereocenters. The molecule has 0 spiro atoms. The maximum Gasteiger partial charge on any atom is 0.148 e. The van der Waals surface area contributed by atoms with Crippen molar-refractivity contribution in [2.45, 2.75) is 6.42 Å². The number of benzene rings is 2. The van der Waals surface area contributed by atoms with E-state index in [0.717, 1.165) is 27.7 Å². The van der Waals surface area contributed by atoms with Crippen molar-refractivity contribution in [2.24, 2.45) is 0 Å². The van der Waals surface area contributed by atoms with Crippen molar-refractivity contribution >= 4 is 16.7 Å². The van der Waals surface area contributed by atoms with Gasteiger partial charge in [0.1, 0.15) is 11.3 Å². The zero-order valence-corrected chi connectivity index (χ0v) is 14.1. The Morgan fingerprint density at radius 3 is 2.62 bits per heavy atom. The van der Waals surface area contributed by atoms with Crippen LogP contribution in [-0.4, -0.2) is 20.6 Å². The first-order valence-corrected chi connectivity index (χ1v) is 8.32. The summed E-state index contributed by atoms with van der Waals surface area (Å²) in [6, 6.07) is 23.1. The minimum absolute atomic E-state index is 0.192. The van der Waals surface area contributed by atoms with Crippen molar-refractivity contribution < 1.29 is 0 Å². The van der Waals surface area contributed by atoms with Gasteiger partial charge in [0.05, 0.1) is 11.2 Å². The molecule has 0 fully saturated rings. The third kappa shape index (κ3) is 3.15. The van der Waals surface area contributed by atoms with E-state index in [4.69, 9.17) is 10.8 Å². The van der Waals surface area contributed by atoms with Crippen LogP contribution in [0.15, 0.2) is 79.0 Å². The zero-order chi connectivity index (χ0) is 17.9. The molecule has 0 bridgehead atoms. The highest BCUT2D eigenvalue weighted by molar-refractivity contribution is 5.85. The summed E-state index contributed by atoms with van der Waals surface area (Å²) in [7, 11) is 0. The molecule has 0 radical (unpaired) electrons. The van der Waals surface area contributed by atoms with Crippen molar-refractivity contribution in [1.82, 2.24) is 14.8 Å². The quantitative estimate of drug-likeness (QED) is 0.441. The van der Waals surface area contributed by atoms with Crippen LogP contribution >= 0.6 is 0 Å². The fraction of sp³-hybridized carbons (Fsp3) is 0.0476. The van der Waals surface area contributed by atoms with Crippen LogP contribution in [0.3, 0.4) is 0 Å². The molecule has 0 aliphatic rings. The van der Waals surface area contributed by atoms with Crippen LogP contribution in [0.1, 0.15) is 5.56 Å². The summed E-state index contributed by atoms with van der Waals surface area (Å²) in [6.45, 7) is 0. The molecule has 26 heavy (non-hydrogen) atoms. The molecule has 5 heteroatoms. The number of rotatable bonds is 3. The van der Waals surface area contributed by atoms with Crippen molar-refractivity contribution in [3.63, 3.8) is 0 Å². The van der Waals surface area contributed by atoms with E-state index >= 15 is 0 Å². The first-order valence-electron chi connectivity index (χ1n) is 8.32. The van der Waals surface area contributed by atoms with E-state index in [0.29, 0.717) is 6.42 Å². The highest BCUT2D eigenvalue weighted by Crippen LogP contribution is 2.16. The average molecular weight is 339 g/mol. The molecule has 4 aromatic rings. The summed E-state index contributed by atoms with van der Waals surface area (Å²) < 4.78 is 1.38. The lowest BCUT2D eigenvalue weighted by molar-refractivity contribution is 0.800. The van der Waals surface area contributed by atoms with E-state index in [9.17, 15) is 0 Å².